The molecule has 0 saturated heterocycles. The normalized spacial score (nSPS) is 10.4. The number of carboxylic acids is 1. The Bertz CT molecular complexity index is 506. The Kier molecular flexibility index (Phi) is 1.93. The number of pyridine rings is 1. The van der Waals surface area contributed by atoms with Crippen molar-refractivity contribution in [3.05, 3.63) is 42.2 Å². The summed E-state index contributed by atoms with van der Waals surface area (Å²) < 4.78 is 1.55. The molecule has 0 aliphatic heterocycles. The van der Waals surface area contributed by atoms with Crippen molar-refractivity contribution < 1.29 is 14.5 Å². The van der Waals surface area contributed by atoms with Crippen LogP contribution in [0.15, 0.2) is 36.5 Å². The number of nitrogens with zero attached hydrogens (tertiary/aromatic N) is 1. The first-order valence-corrected chi connectivity index (χ1v) is 4.29. The quantitative estimate of drug-likeness (QED) is 0.591. The molecule has 0 amide bonds. The van der Waals surface area contributed by atoms with Gasteiger partial charge in [0.2, 0.25) is 5.69 Å². The summed E-state index contributed by atoms with van der Waals surface area (Å²) in [6.45, 7) is 0. The SMILES string of the molecule is C[n+]1ccc2ccccc2c1C(=O)[O-]. The summed E-state index contributed by atoms with van der Waals surface area (Å²) in [5, 5.41) is 12.5. The van der Waals surface area contributed by atoms with Crippen molar-refractivity contribution in [1.82, 2.24) is 0 Å². The Labute approximate surface area is 81.2 Å². The fourth-order valence-electron chi connectivity index (χ4n) is 1.57. The molecular weight excluding hydrogens is 178 g/mol. The van der Waals surface area contributed by atoms with Crippen molar-refractivity contribution >= 4 is 16.7 Å². The fraction of sp³-hybridized carbons (Fsp3) is 0.0909. The van der Waals surface area contributed by atoms with Gasteiger partial charge in [-0.25, -0.2) is 0 Å². The van der Waals surface area contributed by atoms with Gasteiger partial charge in [-0.05, 0) is 11.5 Å². The van der Waals surface area contributed by atoms with Crippen LogP contribution in [0.4, 0.5) is 0 Å². The highest BCUT2D eigenvalue weighted by Gasteiger charge is 2.11. The maximum absolute atomic E-state index is 10.9. The van der Waals surface area contributed by atoms with Crippen LogP contribution >= 0.6 is 0 Å². The highest BCUT2D eigenvalue weighted by atomic mass is 16.4. The molecule has 2 rings (SSSR count). The number of fused-ring (bicyclic) bond motifs is 1. The molecule has 1 aromatic heterocycles. The Morgan fingerprint density at radius 1 is 1.29 bits per heavy atom. The van der Waals surface area contributed by atoms with E-state index in [0.717, 1.165) is 5.39 Å². The van der Waals surface area contributed by atoms with E-state index in [0.29, 0.717) is 5.39 Å². The third-order valence-corrected chi connectivity index (χ3v) is 2.24. The Morgan fingerprint density at radius 3 is 2.71 bits per heavy atom. The van der Waals surface area contributed by atoms with Gasteiger partial charge in [0.15, 0.2) is 6.20 Å². The molecule has 1 heterocycles. The predicted octanol–water partition coefficient (Wildman–Crippen LogP) is 0.0278. The second-order valence-electron chi connectivity index (χ2n) is 3.15. The minimum Gasteiger partial charge on any atom is -0.539 e. The standard InChI is InChI=1S/C11H9NO2/c1-12-7-6-8-4-2-3-5-9(8)10(12)11(13)14/h2-7H,1H3. The Balaban J connectivity index is 2.90. The van der Waals surface area contributed by atoms with Gasteiger partial charge in [0, 0.05) is 6.07 Å². The molecule has 0 saturated carbocycles. The van der Waals surface area contributed by atoms with Crippen molar-refractivity contribution in [3.8, 4) is 0 Å². The van der Waals surface area contributed by atoms with Crippen LogP contribution in [-0.4, -0.2) is 5.97 Å². The smallest absolute Gasteiger partial charge is 0.235 e. The average Bonchev–Trinajstić information content (AvgIpc) is 2.17. The van der Waals surface area contributed by atoms with Gasteiger partial charge in [-0.3, -0.25) is 0 Å². The van der Waals surface area contributed by atoms with Crippen molar-refractivity contribution in [2.24, 2.45) is 7.05 Å². The van der Waals surface area contributed by atoms with Crippen molar-refractivity contribution in [2.45, 2.75) is 0 Å². The van der Waals surface area contributed by atoms with E-state index in [-0.39, 0.29) is 5.69 Å². The number of benzene rings is 1. The molecule has 0 aliphatic carbocycles. The molecule has 14 heavy (non-hydrogen) atoms. The van der Waals surface area contributed by atoms with Crippen LogP contribution in [0.3, 0.4) is 0 Å². The van der Waals surface area contributed by atoms with Gasteiger partial charge < -0.3 is 9.90 Å². The number of aromatic carboxylic acids is 1. The zero-order valence-electron chi connectivity index (χ0n) is 7.73. The number of carbonyl (C=O) groups is 1. The zero-order valence-corrected chi connectivity index (χ0v) is 7.73. The third kappa shape index (κ3) is 1.23. The lowest BCUT2D eigenvalue weighted by Gasteiger charge is -2.04. The number of aryl methyl sites for hydroxylation is 1. The zero-order chi connectivity index (χ0) is 10.1. The molecule has 0 atom stereocenters. The summed E-state index contributed by atoms with van der Waals surface area (Å²) in [5.74, 6) is -1.15. The van der Waals surface area contributed by atoms with Crippen LogP contribution < -0.4 is 9.67 Å². The molecule has 0 unspecified atom stereocenters. The monoisotopic (exact) mass is 187 g/mol. The highest BCUT2D eigenvalue weighted by Crippen LogP contribution is 2.14. The minimum absolute atomic E-state index is 0.211. The van der Waals surface area contributed by atoms with E-state index in [1.807, 2.05) is 24.3 Å². The second kappa shape index (κ2) is 3.10. The molecule has 2 aromatic rings. The van der Waals surface area contributed by atoms with Crippen LogP contribution in [-0.2, 0) is 7.05 Å². The largest absolute Gasteiger partial charge is 0.539 e. The van der Waals surface area contributed by atoms with Crippen LogP contribution in [0.1, 0.15) is 10.5 Å². The highest BCUT2D eigenvalue weighted by molar-refractivity contribution is 5.99. The van der Waals surface area contributed by atoms with Gasteiger partial charge >= 0.3 is 0 Å². The van der Waals surface area contributed by atoms with E-state index < -0.39 is 5.97 Å². The number of carboxylic acid groups (broad SMARTS) is 1. The second-order valence-corrected chi connectivity index (χ2v) is 3.15. The number of aromatic nitrogens is 1. The molecule has 0 fully saturated rings. The van der Waals surface area contributed by atoms with Gasteiger partial charge in [0.1, 0.15) is 13.0 Å². The summed E-state index contributed by atoms with van der Waals surface area (Å²) in [7, 11) is 1.69. The van der Waals surface area contributed by atoms with E-state index in [4.69, 9.17) is 0 Å². The van der Waals surface area contributed by atoms with Gasteiger partial charge in [-0.15, -0.1) is 0 Å². The summed E-state index contributed by atoms with van der Waals surface area (Å²) in [6, 6.07) is 9.22. The number of hydrogen-bond donors (Lipinski definition) is 0. The molecule has 0 aliphatic rings. The molecule has 0 spiro atoms. The summed E-state index contributed by atoms with van der Waals surface area (Å²) in [6.07, 6.45) is 1.72. The van der Waals surface area contributed by atoms with Crippen LogP contribution in [0.25, 0.3) is 10.8 Å². The van der Waals surface area contributed by atoms with Gasteiger partial charge in [0.25, 0.3) is 0 Å². The first-order valence-electron chi connectivity index (χ1n) is 4.29. The van der Waals surface area contributed by atoms with Crippen molar-refractivity contribution in [3.63, 3.8) is 0 Å². The molecule has 0 N–H and O–H groups in total. The van der Waals surface area contributed by atoms with E-state index in [9.17, 15) is 9.90 Å². The molecule has 3 heteroatoms. The molecule has 70 valence electrons. The van der Waals surface area contributed by atoms with Crippen LogP contribution in [0, 0.1) is 0 Å². The van der Waals surface area contributed by atoms with E-state index in [2.05, 4.69) is 0 Å². The lowest BCUT2D eigenvalue weighted by molar-refractivity contribution is -0.674. The Morgan fingerprint density at radius 2 is 2.00 bits per heavy atom. The van der Waals surface area contributed by atoms with E-state index in [1.165, 1.54) is 0 Å². The maximum Gasteiger partial charge on any atom is 0.235 e. The summed E-state index contributed by atoms with van der Waals surface area (Å²) in [5.41, 5.74) is 0.211. The lowest BCUT2D eigenvalue weighted by atomic mass is 10.1. The summed E-state index contributed by atoms with van der Waals surface area (Å²) in [4.78, 5) is 10.9. The topological polar surface area (TPSA) is 44.0 Å². The van der Waals surface area contributed by atoms with Gasteiger partial charge in [0.05, 0.1) is 5.39 Å². The van der Waals surface area contributed by atoms with Crippen molar-refractivity contribution in [2.75, 3.05) is 0 Å². The third-order valence-electron chi connectivity index (χ3n) is 2.24. The first-order chi connectivity index (χ1) is 6.70. The number of rotatable bonds is 1. The predicted molar refractivity (Wildman–Crippen MR) is 49.5 cm³/mol. The molecule has 3 nitrogen and oxygen atoms in total. The minimum atomic E-state index is -1.15. The van der Waals surface area contributed by atoms with Crippen molar-refractivity contribution in [1.29, 1.82) is 0 Å². The maximum atomic E-state index is 10.9. The summed E-state index contributed by atoms with van der Waals surface area (Å²) >= 11 is 0. The fourth-order valence-corrected chi connectivity index (χ4v) is 1.57. The molecule has 0 bridgehead atoms. The molecular formula is C11H9NO2. The molecule has 0 radical (unpaired) electrons. The van der Waals surface area contributed by atoms with Gasteiger partial charge in [-0.2, -0.15) is 4.57 Å². The Hall–Kier alpha value is -1.90. The van der Waals surface area contributed by atoms with Crippen LogP contribution in [0.5, 0.6) is 0 Å². The molecule has 1 aromatic carbocycles. The van der Waals surface area contributed by atoms with Crippen LogP contribution in [0.2, 0.25) is 0 Å². The first kappa shape index (κ1) is 8.69. The van der Waals surface area contributed by atoms with E-state index in [1.54, 1.807) is 23.9 Å². The number of hydrogen-bond acceptors (Lipinski definition) is 2. The number of carbonyl (C=O) groups excluding carboxylic acids is 1. The average molecular weight is 187 g/mol. The van der Waals surface area contributed by atoms with E-state index >= 15 is 0 Å². The lowest BCUT2D eigenvalue weighted by Crippen LogP contribution is -2.41. The van der Waals surface area contributed by atoms with Gasteiger partial charge in [-0.1, -0.05) is 18.2 Å².